The first-order valence-electron chi connectivity index (χ1n) is 7.27. The number of hydrogen-bond acceptors (Lipinski definition) is 6. The van der Waals surface area contributed by atoms with Crippen LogP contribution in [0.5, 0.6) is 17.2 Å². The van der Waals surface area contributed by atoms with Gasteiger partial charge in [0.25, 0.3) is 0 Å². The van der Waals surface area contributed by atoms with Crippen LogP contribution >= 0.6 is 0 Å². The largest absolute Gasteiger partial charge is 0.491 e. The molecule has 3 aromatic rings. The molecule has 1 amide bonds. The zero-order valence-electron chi connectivity index (χ0n) is 13.8. The highest BCUT2D eigenvalue weighted by Gasteiger charge is 2.17. The number of hydrogen-bond donors (Lipinski definition) is 1. The van der Waals surface area contributed by atoms with Crippen molar-refractivity contribution < 1.29 is 14.3 Å². The zero-order chi connectivity index (χ0) is 17.3. The summed E-state index contributed by atoms with van der Waals surface area (Å²) in [5.41, 5.74) is 1.34. The molecule has 0 spiro atoms. The number of amides is 1. The Hall–Kier alpha value is -3.16. The lowest BCUT2D eigenvalue weighted by Crippen LogP contribution is -2.07. The number of anilines is 1. The first-order chi connectivity index (χ1) is 11.5. The molecule has 24 heavy (non-hydrogen) atoms. The fourth-order valence-electron chi connectivity index (χ4n) is 2.35. The Morgan fingerprint density at radius 2 is 2.12 bits per heavy atom. The number of carbonyl (C=O) groups is 1. The second-order valence-electron chi connectivity index (χ2n) is 5.21. The normalized spacial score (nSPS) is 10.7. The molecule has 3 aromatic heterocycles. The van der Waals surface area contributed by atoms with E-state index >= 15 is 0 Å². The average molecular weight is 327 g/mol. The highest BCUT2D eigenvalue weighted by atomic mass is 16.5. The number of nitrogens with one attached hydrogen (secondary N) is 1. The number of fused-ring (bicyclic) bond motifs is 1. The Bertz CT molecular complexity index is 919. The Labute approximate surface area is 138 Å². The summed E-state index contributed by atoms with van der Waals surface area (Å²) in [6, 6.07) is 3.31. The Morgan fingerprint density at radius 3 is 2.83 bits per heavy atom. The van der Waals surface area contributed by atoms with Crippen LogP contribution in [0.25, 0.3) is 11.2 Å². The standard InChI is InChI=1S/C16H17N5O3/c1-9-19-16-14(21(9)3)15(23-4)12(8-18-16)24-11-5-6-17-13(7-11)20-10(2)22/h5-8H,1-4H3,(H,17,20,22). The minimum atomic E-state index is -0.203. The first kappa shape index (κ1) is 15.7. The van der Waals surface area contributed by atoms with E-state index in [1.807, 2.05) is 18.5 Å². The third kappa shape index (κ3) is 2.85. The van der Waals surface area contributed by atoms with Gasteiger partial charge in [-0.15, -0.1) is 0 Å². The maximum absolute atomic E-state index is 11.1. The van der Waals surface area contributed by atoms with Gasteiger partial charge in [-0.1, -0.05) is 0 Å². The molecule has 0 aliphatic rings. The summed E-state index contributed by atoms with van der Waals surface area (Å²) in [5.74, 6) is 2.53. The van der Waals surface area contributed by atoms with Gasteiger partial charge in [0, 0.05) is 26.2 Å². The molecule has 0 radical (unpaired) electrons. The molecular weight excluding hydrogens is 310 g/mol. The molecule has 1 N–H and O–H groups in total. The van der Waals surface area contributed by atoms with Crippen molar-refractivity contribution in [1.29, 1.82) is 0 Å². The van der Waals surface area contributed by atoms with Crippen LogP contribution in [0.15, 0.2) is 24.5 Å². The first-order valence-corrected chi connectivity index (χ1v) is 7.27. The molecule has 0 bridgehead atoms. The zero-order valence-corrected chi connectivity index (χ0v) is 13.8. The average Bonchev–Trinajstić information content (AvgIpc) is 2.82. The van der Waals surface area contributed by atoms with Crippen molar-refractivity contribution in [3.05, 3.63) is 30.4 Å². The maximum Gasteiger partial charge on any atom is 0.222 e. The number of rotatable bonds is 4. The topological polar surface area (TPSA) is 91.2 Å². The van der Waals surface area contributed by atoms with Gasteiger partial charge in [-0.2, -0.15) is 0 Å². The van der Waals surface area contributed by atoms with Crippen LogP contribution in [0.1, 0.15) is 12.7 Å². The molecule has 8 heteroatoms. The number of imidazole rings is 1. The Kier molecular flexibility index (Phi) is 4.03. The van der Waals surface area contributed by atoms with Crippen molar-refractivity contribution in [3.8, 4) is 17.2 Å². The summed E-state index contributed by atoms with van der Waals surface area (Å²) in [5, 5.41) is 2.61. The van der Waals surface area contributed by atoms with Gasteiger partial charge in [-0.25, -0.2) is 15.0 Å². The monoisotopic (exact) mass is 327 g/mol. The van der Waals surface area contributed by atoms with Gasteiger partial charge in [-0.05, 0) is 13.0 Å². The molecular formula is C16H17N5O3. The van der Waals surface area contributed by atoms with E-state index in [1.165, 1.54) is 6.92 Å². The number of nitrogens with zero attached hydrogens (tertiary/aromatic N) is 4. The molecule has 0 unspecified atom stereocenters. The Morgan fingerprint density at radius 1 is 1.33 bits per heavy atom. The van der Waals surface area contributed by atoms with Crippen molar-refractivity contribution in [2.75, 3.05) is 12.4 Å². The van der Waals surface area contributed by atoms with Crippen molar-refractivity contribution in [2.24, 2.45) is 7.05 Å². The van der Waals surface area contributed by atoms with Gasteiger partial charge >= 0.3 is 0 Å². The summed E-state index contributed by atoms with van der Waals surface area (Å²) in [6.07, 6.45) is 3.11. The fourth-order valence-corrected chi connectivity index (χ4v) is 2.35. The number of carbonyl (C=O) groups excluding carboxylic acids is 1. The Balaban J connectivity index is 2.01. The molecule has 0 atom stereocenters. The molecule has 3 heterocycles. The molecule has 0 aromatic carbocycles. The lowest BCUT2D eigenvalue weighted by atomic mass is 10.3. The van der Waals surface area contributed by atoms with Crippen LogP contribution in [0.4, 0.5) is 5.82 Å². The lowest BCUT2D eigenvalue weighted by molar-refractivity contribution is -0.114. The van der Waals surface area contributed by atoms with E-state index in [4.69, 9.17) is 9.47 Å². The summed E-state index contributed by atoms with van der Waals surface area (Å²) in [4.78, 5) is 23.9. The molecule has 0 fully saturated rings. The van der Waals surface area contributed by atoms with Crippen LogP contribution in [-0.4, -0.2) is 32.5 Å². The SMILES string of the molecule is COc1c(Oc2ccnc(NC(C)=O)c2)cnc2nc(C)n(C)c12. The number of aromatic nitrogens is 4. The van der Waals surface area contributed by atoms with Gasteiger partial charge in [0.2, 0.25) is 5.91 Å². The molecule has 3 rings (SSSR count). The molecule has 8 nitrogen and oxygen atoms in total. The third-order valence-corrected chi connectivity index (χ3v) is 3.51. The minimum absolute atomic E-state index is 0.203. The van der Waals surface area contributed by atoms with E-state index < -0.39 is 0 Å². The molecule has 124 valence electrons. The minimum Gasteiger partial charge on any atom is -0.491 e. The van der Waals surface area contributed by atoms with Crippen LogP contribution in [-0.2, 0) is 11.8 Å². The van der Waals surface area contributed by atoms with Gasteiger partial charge in [0.15, 0.2) is 17.1 Å². The van der Waals surface area contributed by atoms with Crippen molar-refractivity contribution in [3.63, 3.8) is 0 Å². The number of aryl methyl sites for hydroxylation is 2. The van der Waals surface area contributed by atoms with Crippen molar-refractivity contribution in [2.45, 2.75) is 13.8 Å². The number of pyridine rings is 2. The molecule has 0 saturated carbocycles. The summed E-state index contributed by atoms with van der Waals surface area (Å²) in [6.45, 7) is 3.31. The summed E-state index contributed by atoms with van der Waals surface area (Å²) < 4.78 is 13.3. The van der Waals surface area contributed by atoms with Crippen LogP contribution in [0.2, 0.25) is 0 Å². The number of methoxy groups -OCH3 is 1. The highest BCUT2D eigenvalue weighted by Crippen LogP contribution is 2.37. The van der Waals surface area contributed by atoms with Crippen molar-refractivity contribution >= 4 is 22.9 Å². The molecule has 0 aliphatic carbocycles. The van der Waals surface area contributed by atoms with E-state index in [0.29, 0.717) is 28.7 Å². The van der Waals surface area contributed by atoms with Gasteiger partial charge in [-0.3, -0.25) is 4.79 Å². The van der Waals surface area contributed by atoms with E-state index in [9.17, 15) is 4.79 Å². The van der Waals surface area contributed by atoms with E-state index in [2.05, 4.69) is 20.3 Å². The quantitative estimate of drug-likeness (QED) is 0.791. The predicted molar refractivity (Wildman–Crippen MR) is 88.4 cm³/mol. The highest BCUT2D eigenvalue weighted by molar-refractivity contribution is 5.87. The molecule has 0 saturated heterocycles. The molecule has 0 aliphatic heterocycles. The second-order valence-corrected chi connectivity index (χ2v) is 5.21. The number of ether oxygens (including phenoxy) is 2. The van der Waals surface area contributed by atoms with E-state index in [1.54, 1.807) is 31.6 Å². The van der Waals surface area contributed by atoms with E-state index in [0.717, 1.165) is 11.3 Å². The second kappa shape index (κ2) is 6.15. The summed E-state index contributed by atoms with van der Waals surface area (Å²) >= 11 is 0. The van der Waals surface area contributed by atoms with Gasteiger partial charge < -0.3 is 19.4 Å². The maximum atomic E-state index is 11.1. The third-order valence-electron chi connectivity index (χ3n) is 3.51. The van der Waals surface area contributed by atoms with Crippen LogP contribution in [0, 0.1) is 6.92 Å². The fraction of sp³-hybridized carbons (Fsp3) is 0.250. The van der Waals surface area contributed by atoms with E-state index in [-0.39, 0.29) is 5.91 Å². The van der Waals surface area contributed by atoms with Crippen LogP contribution < -0.4 is 14.8 Å². The summed E-state index contributed by atoms with van der Waals surface area (Å²) in [7, 11) is 3.46. The smallest absolute Gasteiger partial charge is 0.222 e. The van der Waals surface area contributed by atoms with Gasteiger partial charge in [0.1, 0.15) is 22.9 Å². The van der Waals surface area contributed by atoms with Crippen molar-refractivity contribution in [1.82, 2.24) is 19.5 Å². The lowest BCUT2D eigenvalue weighted by Gasteiger charge is -2.12. The van der Waals surface area contributed by atoms with Crippen LogP contribution in [0.3, 0.4) is 0 Å². The van der Waals surface area contributed by atoms with Gasteiger partial charge in [0.05, 0.1) is 13.3 Å². The predicted octanol–water partition coefficient (Wildman–Crippen LogP) is 2.43.